The van der Waals surface area contributed by atoms with Crippen LogP contribution in [0.25, 0.3) is 0 Å². The Morgan fingerprint density at radius 3 is 1.00 bits per heavy atom. The molecule has 0 heterocycles. The second-order valence-corrected chi connectivity index (χ2v) is 1.92. The van der Waals surface area contributed by atoms with E-state index in [0.717, 1.165) is 19.4 Å². The number of rotatable bonds is 0. The van der Waals surface area contributed by atoms with E-state index in [-0.39, 0.29) is 0 Å². The van der Waals surface area contributed by atoms with Gasteiger partial charge in [0.2, 0.25) is 0 Å². The van der Waals surface area contributed by atoms with Gasteiger partial charge in [-0.15, -0.1) is 0 Å². The molecule has 0 amide bonds. The van der Waals surface area contributed by atoms with Gasteiger partial charge < -0.3 is 0 Å². The van der Waals surface area contributed by atoms with Gasteiger partial charge in [0, 0.05) is 0 Å². The zero-order valence-electron chi connectivity index (χ0n) is 6.73. The van der Waals surface area contributed by atoms with Crippen molar-refractivity contribution in [1.29, 1.82) is 0 Å². The standard InChI is InChI=1S/2C5H5.ClH.Ti.H/c2*1-2-4-5-3-1;;;/h2*1-5H;1H;;/q2*-1;;+1;/p-1. The van der Waals surface area contributed by atoms with Crippen molar-refractivity contribution < 1.29 is 19.4 Å². The summed E-state index contributed by atoms with van der Waals surface area (Å²) in [7, 11) is 4.70. The number of halogens is 1. The molecular formula is C10H11ClTi-2. The minimum absolute atomic E-state index is 1.16. The molecule has 2 aromatic rings. The monoisotopic (exact) mass is 214 g/mol. The van der Waals surface area contributed by atoms with Crippen molar-refractivity contribution in [3.05, 3.63) is 60.7 Å². The molecule has 12 heavy (non-hydrogen) atoms. The molecule has 0 aliphatic rings. The Balaban J connectivity index is 0.000000168. The second-order valence-electron chi connectivity index (χ2n) is 1.92. The van der Waals surface area contributed by atoms with Crippen molar-refractivity contribution in [1.82, 2.24) is 0 Å². The molecule has 2 rings (SSSR count). The number of hydrogen-bond acceptors (Lipinski definition) is 0. The smallest absolute Gasteiger partial charge is 0.172 e. The van der Waals surface area contributed by atoms with Crippen molar-refractivity contribution in [3.63, 3.8) is 0 Å². The third kappa shape index (κ3) is 7.81. The van der Waals surface area contributed by atoms with E-state index >= 15 is 0 Å². The molecule has 0 nitrogen and oxygen atoms in total. The van der Waals surface area contributed by atoms with E-state index in [4.69, 9.17) is 9.30 Å². The van der Waals surface area contributed by atoms with E-state index in [9.17, 15) is 0 Å². The van der Waals surface area contributed by atoms with Gasteiger partial charge in [-0.25, -0.2) is 24.3 Å². The summed E-state index contributed by atoms with van der Waals surface area (Å²) >= 11 is 1.16. The molecule has 0 atom stereocenters. The molecule has 0 fully saturated rings. The summed E-state index contributed by atoms with van der Waals surface area (Å²) < 4.78 is 0. The average Bonchev–Trinajstić information content (AvgIpc) is 2.87. The Morgan fingerprint density at radius 1 is 0.667 bits per heavy atom. The van der Waals surface area contributed by atoms with Crippen LogP contribution < -0.4 is 0 Å². The molecule has 64 valence electrons. The van der Waals surface area contributed by atoms with Crippen molar-refractivity contribution >= 4 is 9.30 Å². The van der Waals surface area contributed by atoms with Crippen LogP contribution in [0.4, 0.5) is 0 Å². The van der Waals surface area contributed by atoms with Gasteiger partial charge in [-0.05, 0) is 0 Å². The molecule has 0 bridgehead atoms. The van der Waals surface area contributed by atoms with E-state index in [1.165, 1.54) is 0 Å². The molecule has 0 radical (unpaired) electrons. The van der Waals surface area contributed by atoms with Crippen LogP contribution in [0.5, 0.6) is 0 Å². The first-order chi connectivity index (χ1) is 6.00. The maximum Gasteiger partial charge on any atom is -0.172 e. The molecule has 2 heteroatoms. The fourth-order valence-electron chi connectivity index (χ4n) is 0.642. The third-order valence-electron chi connectivity index (χ3n) is 1.11. The summed E-state index contributed by atoms with van der Waals surface area (Å²) in [6.07, 6.45) is 0. The van der Waals surface area contributed by atoms with Gasteiger partial charge in [0.1, 0.15) is 0 Å². The van der Waals surface area contributed by atoms with E-state index < -0.39 is 0 Å². The van der Waals surface area contributed by atoms with Crippen LogP contribution in [0.3, 0.4) is 0 Å². The topological polar surface area (TPSA) is 0 Å². The van der Waals surface area contributed by atoms with Crippen molar-refractivity contribution in [2.45, 2.75) is 0 Å². The van der Waals surface area contributed by atoms with Crippen molar-refractivity contribution in [2.75, 3.05) is 0 Å². The fraction of sp³-hybridized carbons (Fsp3) is 0. The first-order valence-corrected chi connectivity index (χ1v) is 6.03. The normalized spacial score (nSPS) is 7.08. The Morgan fingerprint density at radius 2 is 0.917 bits per heavy atom. The van der Waals surface area contributed by atoms with Crippen LogP contribution in [-0.2, 0) is 19.4 Å². The fourth-order valence-corrected chi connectivity index (χ4v) is 0.642. The molecule has 2 aromatic carbocycles. The quantitative estimate of drug-likeness (QED) is 0.467. The molecule has 0 aliphatic carbocycles. The van der Waals surface area contributed by atoms with Gasteiger partial charge in [-0.2, -0.15) is 36.4 Å². The zero-order valence-corrected chi connectivity index (χ0v) is 9.29. The summed E-state index contributed by atoms with van der Waals surface area (Å²) in [5.74, 6) is 0. The summed E-state index contributed by atoms with van der Waals surface area (Å²) in [5, 5.41) is 0. The molecule has 0 unspecified atom stereocenters. The van der Waals surface area contributed by atoms with E-state index in [0.29, 0.717) is 0 Å². The van der Waals surface area contributed by atoms with Gasteiger partial charge in [-0.1, -0.05) is 0 Å². The van der Waals surface area contributed by atoms with Crippen LogP contribution in [0.15, 0.2) is 60.7 Å². The predicted octanol–water partition coefficient (Wildman–Crippen LogP) is 3.23. The third-order valence-corrected chi connectivity index (χ3v) is 1.11. The summed E-state index contributed by atoms with van der Waals surface area (Å²) in [6, 6.07) is 20.0. The second kappa shape index (κ2) is 10.7. The van der Waals surface area contributed by atoms with Gasteiger partial charge >= 0.3 is 28.7 Å². The molecule has 0 aliphatic heterocycles. The first-order valence-electron chi connectivity index (χ1n) is 3.55. The SMILES string of the molecule is [Cl][TiH].c1cc[cH-]c1.c1cc[cH-]c1. The maximum atomic E-state index is 4.70. The van der Waals surface area contributed by atoms with Crippen molar-refractivity contribution in [3.8, 4) is 0 Å². The Kier molecular flexibility index (Phi) is 10.4. The molecule has 0 N–H and O–H groups in total. The van der Waals surface area contributed by atoms with Crippen LogP contribution in [0, 0.1) is 0 Å². The summed E-state index contributed by atoms with van der Waals surface area (Å²) in [6.45, 7) is 0. The molecule has 0 aromatic heterocycles. The first kappa shape index (κ1) is 11.7. The summed E-state index contributed by atoms with van der Waals surface area (Å²) in [4.78, 5) is 0. The molecular weight excluding hydrogens is 203 g/mol. The van der Waals surface area contributed by atoms with E-state index in [1.807, 2.05) is 60.7 Å². The van der Waals surface area contributed by atoms with Gasteiger partial charge in [0.25, 0.3) is 0 Å². The summed E-state index contributed by atoms with van der Waals surface area (Å²) in [5.41, 5.74) is 0. The van der Waals surface area contributed by atoms with Gasteiger partial charge in [-0.3, -0.25) is 0 Å². The van der Waals surface area contributed by atoms with Gasteiger partial charge in [0.05, 0.1) is 0 Å². The number of hydrogen-bond donors (Lipinski definition) is 0. The van der Waals surface area contributed by atoms with E-state index in [2.05, 4.69) is 0 Å². The van der Waals surface area contributed by atoms with Crippen molar-refractivity contribution in [2.24, 2.45) is 0 Å². The van der Waals surface area contributed by atoms with Crippen LogP contribution in [-0.4, -0.2) is 0 Å². The van der Waals surface area contributed by atoms with Crippen LogP contribution in [0.1, 0.15) is 0 Å². The molecule has 0 saturated carbocycles. The average molecular weight is 215 g/mol. The Hall–Kier alpha value is -0.296. The van der Waals surface area contributed by atoms with Crippen LogP contribution >= 0.6 is 9.30 Å². The minimum Gasteiger partial charge on any atom is -0.214 e. The largest absolute Gasteiger partial charge is 0.214 e. The maximum absolute atomic E-state index is 4.70. The van der Waals surface area contributed by atoms with Gasteiger partial charge in [0.15, 0.2) is 0 Å². The zero-order chi connectivity index (χ0) is 9.07. The van der Waals surface area contributed by atoms with Crippen LogP contribution in [0.2, 0.25) is 0 Å². The Bertz CT molecular complexity index is 149. The predicted molar refractivity (Wildman–Crippen MR) is 51.3 cm³/mol. The molecule has 0 saturated heterocycles. The molecule has 0 spiro atoms. The van der Waals surface area contributed by atoms with E-state index in [1.54, 1.807) is 0 Å². The Labute approximate surface area is 89.2 Å². The minimum atomic E-state index is 1.16.